The summed E-state index contributed by atoms with van der Waals surface area (Å²) in [5, 5.41) is 10.9. The second kappa shape index (κ2) is 7.37. The summed E-state index contributed by atoms with van der Waals surface area (Å²) in [4.78, 5) is 15.4. The summed E-state index contributed by atoms with van der Waals surface area (Å²) < 4.78 is 27.9. The molecule has 7 heteroatoms. The van der Waals surface area contributed by atoms with Gasteiger partial charge < -0.3 is 10.1 Å². The molecule has 3 aromatic carbocycles. The minimum Gasteiger partial charge on any atom is -0.480 e. The van der Waals surface area contributed by atoms with Crippen LogP contribution in [0.1, 0.15) is 17.3 Å². The maximum atomic E-state index is 13.4. The molecule has 0 fully saturated rings. The van der Waals surface area contributed by atoms with E-state index < -0.39 is 22.0 Å². The number of fused-ring (bicyclic) bond motifs is 3. The van der Waals surface area contributed by atoms with Crippen molar-refractivity contribution in [3.8, 4) is 11.1 Å². The lowest BCUT2D eigenvalue weighted by Gasteiger charge is -2.32. The second-order valence-corrected chi connectivity index (χ2v) is 9.45. The largest absolute Gasteiger partial charge is 0.480 e. The van der Waals surface area contributed by atoms with E-state index in [1.807, 2.05) is 54.6 Å². The van der Waals surface area contributed by atoms with Gasteiger partial charge in [0, 0.05) is 23.1 Å². The predicted octanol–water partition coefficient (Wildman–Crippen LogP) is 4.21. The molecular formula is C24H20N2O4S. The Balaban J connectivity index is 1.54. The lowest BCUT2D eigenvalue weighted by atomic mass is 9.99. The van der Waals surface area contributed by atoms with Gasteiger partial charge in [-0.3, -0.25) is 4.79 Å². The van der Waals surface area contributed by atoms with Crippen molar-refractivity contribution in [1.29, 1.82) is 0 Å². The molecule has 0 saturated heterocycles. The first kappa shape index (κ1) is 19.5. The summed E-state index contributed by atoms with van der Waals surface area (Å²) in [7, 11) is -4.00. The lowest BCUT2D eigenvalue weighted by Crippen LogP contribution is -2.43. The third-order valence-corrected chi connectivity index (χ3v) is 7.67. The van der Waals surface area contributed by atoms with E-state index in [9.17, 15) is 18.3 Å². The van der Waals surface area contributed by atoms with Crippen molar-refractivity contribution in [2.75, 3.05) is 6.54 Å². The topological polar surface area (TPSA) is 90.5 Å². The highest BCUT2D eigenvalue weighted by atomic mass is 32.2. The predicted molar refractivity (Wildman–Crippen MR) is 118 cm³/mol. The molecule has 2 N–H and O–H groups in total. The fraction of sp³-hybridized carbons (Fsp3) is 0.125. The van der Waals surface area contributed by atoms with Gasteiger partial charge in [-0.15, -0.1) is 0 Å². The molecule has 0 aliphatic carbocycles. The monoisotopic (exact) mass is 432 g/mol. The van der Waals surface area contributed by atoms with Gasteiger partial charge in [0.1, 0.15) is 0 Å². The molecule has 156 valence electrons. The number of hydrogen-bond donors (Lipinski definition) is 2. The Bertz CT molecular complexity index is 1380. The first-order chi connectivity index (χ1) is 15.0. The zero-order valence-electron chi connectivity index (χ0n) is 16.5. The number of carboxylic acid groups (broad SMARTS) is 1. The van der Waals surface area contributed by atoms with E-state index in [1.54, 1.807) is 12.1 Å². The van der Waals surface area contributed by atoms with Crippen LogP contribution in [0.4, 0.5) is 0 Å². The normalized spacial score (nSPS) is 16.8. The van der Waals surface area contributed by atoms with Crippen LogP contribution in [0.25, 0.3) is 22.0 Å². The van der Waals surface area contributed by atoms with E-state index in [0.29, 0.717) is 12.1 Å². The minimum absolute atomic E-state index is 0.0815. The summed E-state index contributed by atoms with van der Waals surface area (Å²) in [6.45, 7) is 0.106. The SMILES string of the molecule is O=C(O)C1c2[nH]c3ccccc3c2CCN1S(=O)(=O)c1ccc(-c2ccccc2)cc1. The van der Waals surface area contributed by atoms with Gasteiger partial charge in [0.25, 0.3) is 0 Å². The number of carboxylic acids is 1. The Morgan fingerprint density at radius 1 is 0.903 bits per heavy atom. The van der Waals surface area contributed by atoms with Crippen molar-refractivity contribution in [1.82, 2.24) is 9.29 Å². The standard InChI is InChI=1S/C24H20N2O4S/c27-24(28)23-22-20(19-8-4-5-9-21(19)25-22)14-15-26(23)31(29,30)18-12-10-17(11-13-18)16-6-2-1-3-7-16/h1-13,23,25H,14-15H2,(H,27,28). The summed E-state index contributed by atoms with van der Waals surface area (Å²) in [6.07, 6.45) is 0.449. The van der Waals surface area contributed by atoms with Crippen molar-refractivity contribution in [2.45, 2.75) is 17.4 Å². The first-order valence-electron chi connectivity index (χ1n) is 9.96. The first-order valence-corrected chi connectivity index (χ1v) is 11.4. The number of nitrogens with one attached hydrogen (secondary N) is 1. The van der Waals surface area contributed by atoms with Gasteiger partial charge in [0.2, 0.25) is 10.0 Å². The van der Waals surface area contributed by atoms with Crippen LogP contribution >= 0.6 is 0 Å². The van der Waals surface area contributed by atoms with Gasteiger partial charge in [0.05, 0.1) is 4.90 Å². The van der Waals surface area contributed by atoms with Crippen LogP contribution in [0.5, 0.6) is 0 Å². The summed E-state index contributed by atoms with van der Waals surface area (Å²) in [6, 6.07) is 22.5. The van der Waals surface area contributed by atoms with Crippen LogP contribution in [-0.4, -0.2) is 35.3 Å². The van der Waals surface area contributed by atoms with Crippen molar-refractivity contribution in [2.24, 2.45) is 0 Å². The zero-order valence-corrected chi connectivity index (χ0v) is 17.3. The van der Waals surface area contributed by atoms with Crippen LogP contribution in [-0.2, 0) is 21.2 Å². The molecule has 0 spiro atoms. The summed E-state index contributed by atoms with van der Waals surface area (Å²) in [5.74, 6) is -1.20. The van der Waals surface area contributed by atoms with Crippen molar-refractivity contribution >= 4 is 26.9 Å². The number of sulfonamides is 1. The van der Waals surface area contributed by atoms with Gasteiger partial charge in [-0.25, -0.2) is 8.42 Å². The van der Waals surface area contributed by atoms with Crippen LogP contribution in [0.3, 0.4) is 0 Å². The van der Waals surface area contributed by atoms with Crippen molar-refractivity contribution in [3.05, 3.63) is 90.1 Å². The Kier molecular flexibility index (Phi) is 4.64. The number of benzene rings is 3. The Labute approximate surface area is 179 Å². The number of H-pyrrole nitrogens is 1. The van der Waals surface area contributed by atoms with Gasteiger partial charge in [0.15, 0.2) is 6.04 Å². The number of hydrogen-bond acceptors (Lipinski definition) is 3. The molecule has 1 unspecified atom stereocenters. The third-order valence-electron chi connectivity index (χ3n) is 5.79. The molecule has 0 radical (unpaired) electrons. The Morgan fingerprint density at radius 2 is 1.55 bits per heavy atom. The maximum absolute atomic E-state index is 13.4. The van der Waals surface area contributed by atoms with Gasteiger partial charge in [-0.2, -0.15) is 4.31 Å². The van der Waals surface area contributed by atoms with E-state index >= 15 is 0 Å². The molecule has 0 amide bonds. The molecule has 6 nitrogen and oxygen atoms in total. The highest BCUT2D eigenvalue weighted by molar-refractivity contribution is 7.89. The van der Waals surface area contributed by atoms with Crippen LogP contribution in [0.2, 0.25) is 0 Å². The smallest absolute Gasteiger partial charge is 0.328 e. The molecule has 31 heavy (non-hydrogen) atoms. The third kappa shape index (κ3) is 3.22. The number of carbonyl (C=O) groups is 1. The second-order valence-electron chi connectivity index (χ2n) is 7.56. The molecule has 1 atom stereocenters. The molecule has 4 aromatic rings. The molecule has 2 heterocycles. The number of aromatic amines is 1. The van der Waals surface area contributed by atoms with Crippen molar-refractivity contribution in [3.63, 3.8) is 0 Å². The minimum atomic E-state index is -4.00. The molecule has 5 rings (SSSR count). The Hall–Kier alpha value is -3.42. The van der Waals surface area contributed by atoms with Crippen LogP contribution in [0.15, 0.2) is 83.8 Å². The highest BCUT2D eigenvalue weighted by Crippen LogP contribution is 2.38. The van der Waals surface area contributed by atoms with E-state index in [1.165, 1.54) is 12.1 Å². The van der Waals surface area contributed by atoms with Gasteiger partial charge >= 0.3 is 5.97 Å². The van der Waals surface area contributed by atoms with Crippen LogP contribution < -0.4 is 0 Å². The van der Waals surface area contributed by atoms with E-state index in [0.717, 1.165) is 31.9 Å². The average Bonchev–Trinajstić information content (AvgIpc) is 3.17. The fourth-order valence-electron chi connectivity index (χ4n) is 4.31. The number of nitrogens with zero attached hydrogens (tertiary/aromatic N) is 1. The summed E-state index contributed by atoms with van der Waals surface area (Å²) >= 11 is 0. The number of para-hydroxylation sites is 1. The van der Waals surface area contributed by atoms with Crippen molar-refractivity contribution < 1.29 is 18.3 Å². The van der Waals surface area contributed by atoms with E-state index in [4.69, 9.17) is 0 Å². The van der Waals surface area contributed by atoms with E-state index in [2.05, 4.69) is 4.98 Å². The number of rotatable bonds is 4. The summed E-state index contributed by atoms with van der Waals surface area (Å²) in [5.41, 5.74) is 3.99. The molecule has 1 aliphatic heterocycles. The fourth-order valence-corrected chi connectivity index (χ4v) is 5.87. The number of aromatic nitrogens is 1. The highest BCUT2D eigenvalue weighted by Gasteiger charge is 2.42. The lowest BCUT2D eigenvalue weighted by molar-refractivity contribution is -0.142. The van der Waals surface area contributed by atoms with Crippen LogP contribution in [0, 0.1) is 0 Å². The Morgan fingerprint density at radius 3 is 2.26 bits per heavy atom. The maximum Gasteiger partial charge on any atom is 0.328 e. The molecule has 1 aliphatic rings. The van der Waals surface area contributed by atoms with Gasteiger partial charge in [-0.1, -0.05) is 60.7 Å². The molecule has 0 saturated carbocycles. The van der Waals surface area contributed by atoms with Gasteiger partial charge in [-0.05, 0) is 41.3 Å². The van der Waals surface area contributed by atoms with E-state index in [-0.39, 0.29) is 11.4 Å². The average molecular weight is 433 g/mol. The molecule has 0 bridgehead atoms. The molecule has 1 aromatic heterocycles. The molecular weight excluding hydrogens is 412 g/mol. The number of aliphatic carboxylic acids is 1. The quantitative estimate of drug-likeness (QED) is 0.506. The zero-order chi connectivity index (χ0) is 21.6.